The quantitative estimate of drug-likeness (QED) is 0.856. The third kappa shape index (κ3) is 2.43. The topological polar surface area (TPSA) is 36.9 Å². The van der Waals surface area contributed by atoms with Crippen molar-refractivity contribution in [2.75, 3.05) is 28.4 Å². The van der Waals surface area contributed by atoms with E-state index in [9.17, 15) is 0 Å². The molecule has 1 aromatic rings. The summed E-state index contributed by atoms with van der Waals surface area (Å²) in [5.74, 6) is 4.10. The summed E-state index contributed by atoms with van der Waals surface area (Å²) in [5, 5.41) is 0. The lowest BCUT2D eigenvalue weighted by Gasteiger charge is -2.33. The maximum absolute atomic E-state index is 5.44. The normalized spacial score (nSPS) is 22.7. The number of ether oxygens (including phenoxy) is 4. The molecule has 0 aliphatic heterocycles. The fourth-order valence-corrected chi connectivity index (χ4v) is 3.41. The SMILES string of the molecule is COC1=CC2Cc3cc(OC)c(OC)cc3CC2C=C1OC. The average molecular weight is 302 g/mol. The van der Waals surface area contributed by atoms with Crippen LogP contribution >= 0.6 is 0 Å². The lowest BCUT2D eigenvalue weighted by Crippen LogP contribution is -2.26. The Morgan fingerprint density at radius 1 is 0.682 bits per heavy atom. The minimum absolute atomic E-state index is 0.430. The van der Waals surface area contributed by atoms with Crippen LogP contribution in [-0.4, -0.2) is 28.4 Å². The Balaban J connectivity index is 1.97. The molecule has 0 spiro atoms. The van der Waals surface area contributed by atoms with Gasteiger partial charge < -0.3 is 18.9 Å². The molecule has 4 heteroatoms. The molecule has 0 amide bonds. The van der Waals surface area contributed by atoms with Crippen molar-refractivity contribution in [3.05, 3.63) is 46.9 Å². The minimum atomic E-state index is 0.430. The van der Waals surface area contributed by atoms with Crippen molar-refractivity contribution in [1.29, 1.82) is 0 Å². The molecule has 118 valence electrons. The molecule has 2 aliphatic rings. The van der Waals surface area contributed by atoms with Crippen molar-refractivity contribution < 1.29 is 18.9 Å². The first-order valence-electron chi connectivity index (χ1n) is 7.46. The van der Waals surface area contributed by atoms with Crippen molar-refractivity contribution in [2.45, 2.75) is 12.8 Å². The monoisotopic (exact) mass is 302 g/mol. The van der Waals surface area contributed by atoms with Crippen molar-refractivity contribution in [3.63, 3.8) is 0 Å². The lowest BCUT2D eigenvalue weighted by molar-refractivity contribution is 0.203. The lowest BCUT2D eigenvalue weighted by atomic mass is 9.73. The van der Waals surface area contributed by atoms with Gasteiger partial charge >= 0.3 is 0 Å². The highest BCUT2D eigenvalue weighted by molar-refractivity contribution is 5.49. The largest absolute Gasteiger partial charge is 0.493 e. The van der Waals surface area contributed by atoms with E-state index in [1.165, 1.54) is 11.1 Å². The van der Waals surface area contributed by atoms with Crippen molar-refractivity contribution in [1.82, 2.24) is 0 Å². The highest BCUT2D eigenvalue weighted by Gasteiger charge is 2.32. The Bertz CT molecular complexity index is 575. The van der Waals surface area contributed by atoms with E-state index in [1.807, 2.05) is 0 Å². The second-order valence-corrected chi connectivity index (χ2v) is 5.68. The molecule has 2 aliphatic carbocycles. The van der Waals surface area contributed by atoms with E-state index in [1.54, 1.807) is 28.4 Å². The van der Waals surface area contributed by atoms with Gasteiger partial charge in [0.1, 0.15) is 0 Å². The Hall–Kier alpha value is -2.10. The molecule has 0 heterocycles. The van der Waals surface area contributed by atoms with Crippen LogP contribution in [0.15, 0.2) is 35.8 Å². The number of benzene rings is 1. The summed E-state index contributed by atoms with van der Waals surface area (Å²) in [5.41, 5.74) is 2.64. The summed E-state index contributed by atoms with van der Waals surface area (Å²) in [6.45, 7) is 0. The van der Waals surface area contributed by atoms with Gasteiger partial charge in [-0.15, -0.1) is 0 Å². The number of methoxy groups -OCH3 is 4. The molecule has 0 radical (unpaired) electrons. The molecule has 4 nitrogen and oxygen atoms in total. The van der Waals surface area contributed by atoms with Crippen LogP contribution in [0.5, 0.6) is 11.5 Å². The van der Waals surface area contributed by atoms with Crippen LogP contribution in [0.25, 0.3) is 0 Å². The van der Waals surface area contributed by atoms with E-state index in [2.05, 4.69) is 24.3 Å². The summed E-state index contributed by atoms with van der Waals surface area (Å²) < 4.78 is 21.7. The molecule has 22 heavy (non-hydrogen) atoms. The zero-order chi connectivity index (χ0) is 15.7. The van der Waals surface area contributed by atoms with Gasteiger partial charge in [-0.3, -0.25) is 0 Å². The summed E-state index contributed by atoms with van der Waals surface area (Å²) in [4.78, 5) is 0. The van der Waals surface area contributed by atoms with Gasteiger partial charge in [0.25, 0.3) is 0 Å². The van der Waals surface area contributed by atoms with Crippen molar-refractivity contribution in [3.8, 4) is 11.5 Å². The van der Waals surface area contributed by atoms with E-state index in [-0.39, 0.29) is 0 Å². The molecule has 0 bridgehead atoms. The number of fused-ring (bicyclic) bond motifs is 2. The van der Waals surface area contributed by atoms with Crippen LogP contribution in [-0.2, 0) is 22.3 Å². The van der Waals surface area contributed by atoms with Gasteiger partial charge in [0, 0.05) is 0 Å². The summed E-state index contributed by atoms with van der Waals surface area (Å²) >= 11 is 0. The zero-order valence-corrected chi connectivity index (χ0v) is 13.5. The average Bonchev–Trinajstić information content (AvgIpc) is 2.57. The highest BCUT2D eigenvalue weighted by atomic mass is 16.5. The van der Waals surface area contributed by atoms with Crippen LogP contribution in [0.4, 0.5) is 0 Å². The molecule has 0 N–H and O–H groups in total. The summed E-state index contributed by atoms with van der Waals surface area (Å²) in [7, 11) is 6.72. The van der Waals surface area contributed by atoms with Crippen LogP contribution < -0.4 is 9.47 Å². The van der Waals surface area contributed by atoms with Gasteiger partial charge in [-0.25, -0.2) is 0 Å². The number of hydrogen-bond acceptors (Lipinski definition) is 4. The van der Waals surface area contributed by atoms with Gasteiger partial charge in [-0.2, -0.15) is 0 Å². The predicted molar refractivity (Wildman–Crippen MR) is 84.1 cm³/mol. The van der Waals surface area contributed by atoms with Gasteiger partial charge in [0.2, 0.25) is 0 Å². The fourth-order valence-electron chi connectivity index (χ4n) is 3.41. The second kappa shape index (κ2) is 5.95. The van der Waals surface area contributed by atoms with E-state index in [0.717, 1.165) is 35.9 Å². The van der Waals surface area contributed by atoms with Crippen molar-refractivity contribution in [2.24, 2.45) is 11.8 Å². The zero-order valence-electron chi connectivity index (χ0n) is 13.5. The first-order valence-corrected chi connectivity index (χ1v) is 7.46. The molecular formula is C18H22O4. The molecule has 1 aromatic carbocycles. The van der Waals surface area contributed by atoms with Crippen LogP contribution in [0.3, 0.4) is 0 Å². The maximum atomic E-state index is 5.44. The van der Waals surface area contributed by atoms with Gasteiger partial charge in [-0.05, 0) is 60.1 Å². The fraction of sp³-hybridized carbons (Fsp3) is 0.444. The number of allylic oxidation sites excluding steroid dienone is 2. The summed E-state index contributed by atoms with van der Waals surface area (Å²) in [6.07, 6.45) is 6.31. The molecule has 0 aromatic heterocycles. The number of rotatable bonds is 4. The van der Waals surface area contributed by atoms with Gasteiger partial charge in [0.15, 0.2) is 23.0 Å². The van der Waals surface area contributed by atoms with Crippen LogP contribution in [0.1, 0.15) is 11.1 Å². The first kappa shape index (κ1) is 14.8. The third-order valence-corrected chi connectivity index (χ3v) is 4.58. The maximum Gasteiger partial charge on any atom is 0.161 e. The molecular weight excluding hydrogens is 280 g/mol. The molecule has 0 saturated heterocycles. The van der Waals surface area contributed by atoms with Crippen LogP contribution in [0, 0.1) is 11.8 Å². The Morgan fingerprint density at radius 2 is 1.09 bits per heavy atom. The number of hydrogen-bond donors (Lipinski definition) is 0. The minimum Gasteiger partial charge on any atom is -0.493 e. The molecule has 0 saturated carbocycles. The second-order valence-electron chi connectivity index (χ2n) is 5.68. The Labute approximate surface area is 131 Å². The summed E-state index contributed by atoms with van der Waals surface area (Å²) in [6, 6.07) is 4.19. The first-order chi connectivity index (χ1) is 10.7. The molecule has 0 fully saturated rings. The van der Waals surface area contributed by atoms with E-state index in [4.69, 9.17) is 18.9 Å². The molecule has 2 atom stereocenters. The smallest absolute Gasteiger partial charge is 0.161 e. The molecule has 3 rings (SSSR count). The van der Waals surface area contributed by atoms with E-state index in [0.29, 0.717) is 11.8 Å². The highest BCUT2D eigenvalue weighted by Crippen LogP contribution is 2.41. The Kier molecular flexibility index (Phi) is 4.01. The predicted octanol–water partition coefficient (Wildman–Crippen LogP) is 3.11. The van der Waals surface area contributed by atoms with Crippen LogP contribution in [0.2, 0.25) is 0 Å². The van der Waals surface area contributed by atoms with Gasteiger partial charge in [0.05, 0.1) is 28.4 Å². The molecule has 2 unspecified atom stereocenters. The van der Waals surface area contributed by atoms with E-state index >= 15 is 0 Å². The Morgan fingerprint density at radius 3 is 1.41 bits per heavy atom. The van der Waals surface area contributed by atoms with E-state index < -0.39 is 0 Å². The van der Waals surface area contributed by atoms with Crippen molar-refractivity contribution >= 4 is 0 Å². The third-order valence-electron chi connectivity index (χ3n) is 4.58. The van der Waals surface area contributed by atoms with Gasteiger partial charge in [-0.1, -0.05) is 0 Å². The standard InChI is InChI=1S/C18H22O4/c1-19-15-7-11-5-13-9-17(21-3)18(22-4)10-14(13)6-12(11)8-16(15)20-2/h7-12H,5-6H2,1-4H3.